The zero-order valence-corrected chi connectivity index (χ0v) is 20.0. The van der Waals surface area contributed by atoms with E-state index in [9.17, 15) is 13.2 Å². The van der Waals surface area contributed by atoms with Gasteiger partial charge < -0.3 is 14.5 Å². The molecule has 1 aromatic heterocycles. The van der Waals surface area contributed by atoms with Gasteiger partial charge in [-0.15, -0.1) is 0 Å². The highest BCUT2D eigenvalue weighted by atomic mass is 35.5. The van der Waals surface area contributed by atoms with Crippen molar-refractivity contribution in [3.05, 3.63) is 72.1 Å². The van der Waals surface area contributed by atoms with Crippen molar-refractivity contribution in [1.29, 1.82) is 0 Å². The van der Waals surface area contributed by atoms with Gasteiger partial charge in [-0.3, -0.25) is 9.52 Å². The minimum absolute atomic E-state index is 0.100. The third-order valence-electron chi connectivity index (χ3n) is 5.41. The average Bonchev–Trinajstić information content (AvgIpc) is 2.85. The maximum atomic E-state index is 12.8. The van der Waals surface area contributed by atoms with Gasteiger partial charge in [-0.1, -0.05) is 23.7 Å². The molecular weight excluding hydrogens is 478 g/mol. The fourth-order valence-electron chi connectivity index (χ4n) is 3.61. The molecule has 1 fully saturated rings. The average molecular weight is 502 g/mol. The van der Waals surface area contributed by atoms with Gasteiger partial charge in [-0.25, -0.2) is 18.4 Å². The van der Waals surface area contributed by atoms with Gasteiger partial charge in [0, 0.05) is 38.1 Å². The van der Waals surface area contributed by atoms with E-state index in [0.717, 1.165) is 5.69 Å². The molecule has 0 bridgehead atoms. The first kappa shape index (κ1) is 23.8. The number of hydrogen-bond acceptors (Lipinski definition) is 7. The van der Waals surface area contributed by atoms with Crippen LogP contribution in [0.5, 0.6) is 5.75 Å². The van der Waals surface area contributed by atoms with Crippen LogP contribution < -0.4 is 14.4 Å². The molecule has 1 saturated heterocycles. The van der Waals surface area contributed by atoms with Gasteiger partial charge in [0.15, 0.2) is 6.10 Å². The molecule has 2 aromatic carbocycles. The summed E-state index contributed by atoms with van der Waals surface area (Å²) in [6.07, 6.45) is 2.08. The molecule has 4 rings (SSSR count). The van der Waals surface area contributed by atoms with Gasteiger partial charge in [0.1, 0.15) is 17.9 Å². The number of hydrogen-bond donors (Lipinski definition) is 1. The summed E-state index contributed by atoms with van der Waals surface area (Å²) in [5.41, 5.74) is 0.883. The number of ether oxygens (including phenoxy) is 1. The zero-order chi connectivity index (χ0) is 24.1. The van der Waals surface area contributed by atoms with E-state index in [0.29, 0.717) is 37.0 Å². The smallest absolute Gasteiger partial charge is 0.263 e. The van der Waals surface area contributed by atoms with Crippen molar-refractivity contribution in [3.8, 4) is 5.75 Å². The molecule has 1 aliphatic heterocycles. The Balaban J connectivity index is 1.33. The van der Waals surface area contributed by atoms with Gasteiger partial charge in [-0.2, -0.15) is 0 Å². The van der Waals surface area contributed by atoms with Crippen molar-refractivity contribution in [2.24, 2.45) is 0 Å². The topological polar surface area (TPSA) is 105 Å². The van der Waals surface area contributed by atoms with Crippen LogP contribution in [0.25, 0.3) is 0 Å². The maximum Gasteiger partial charge on any atom is 0.263 e. The molecule has 0 spiro atoms. The normalized spacial score (nSPS) is 15.0. The number of amides is 1. The van der Waals surface area contributed by atoms with Crippen molar-refractivity contribution < 1.29 is 17.9 Å². The third kappa shape index (κ3) is 5.57. The number of benzene rings is 2. The van der Waals surface area contributed by atoms with Crippen molar-refractivity contribution in [2.75, 3.05) is 35.8 Å². The van der Waals surface area contributed by atoms with E-state index < -0.39 is 16.1 Å². The number of carbonyl (C=O) groups is 1. The number of nitrogens with zero attached hydrogens (tertiary/aromatic N) is 4. The molecule has 1 atom stereocenters. The summed E-state index contributed by atoms with van der Waals surface area (Å²) in [6, 6.07) is 15.2. The van der Waals surface area contributed by atoms with Crippen LogP contribution in [0, 0.1) is 0 Å². The highest BCUT2D eigenvalue weighted by Gasteiger charge is 2.27. The van der Waals surface area contributed by atoms with Crippen LogP contribution in [0.2, 0.25) is 5.02 Å². The van der Waals surface area contributed by atoms with Gasteiger partial charge in [0.05, 0.1) is 9.92 Å². The number of halogens is 1. The minimum atomic E-state index is -3.75. The summed E-state index contributed by atoms with van der Waals surface area (Å²) in [5, 5.41) is 0.463. The Kier molecular flexibility index (Phi) is 7.18. The fraction of sp³-hybridized carbons (Fsp3) is 0.261. The summed E-state index contributed by atoms with van der Waals surface area (Å²) in [6.45, 7) is 4.02. The van der Waals surface area contributed by atoms with Gasteiger partial charge in [0.2, 0.25) is 0 Å². The quantitative estimate of drug-likeness (QED) is 0.530. The van der Waals surface area contributed by atoms with Crippen LogP contribution in [-0.2, 0) is 14.8 Å². The van der Waals surface area contributed by atoms with Crippen LogP contribution in [-0.4, -0.2) is 61.5 Å². The number of rotatable bonds is 7. The van der Waals surface area contributed by atoms with Crippen molar-refractivity contribution in [3.63, 3.8) is 0 Å². The van der Waals surface area contributed by atoms with Crippen molar-refractivity contribution in [1.82, 2.24) is 14.9 Å². The SMILES string of the molecule is CC(Oc1ccccc1Cl)C(=O)N1CCN(c2ccc(S(=O)(=O)Nc3ccncn3)cc2)CC1. The van der Waals surface area contributed by atoms with Gasteiger partial charge >= 0.3 is 0 Å². The summed E-state index contributed by atoms with van der Waals surface area (Å²) in [5.74, 6) is 0.581. The Morgan fingerprint density at radius 3 is 2.41 bits per heavy atom. The monoisotopic (exact) mass is 501 g/mol. The van der Waals surface area contributed by atoms with Crippen LogP contribution in [0.3, 0.4) is 0 Å². The van der Waals surface area contributed by atoms with E-state index >= 15 is 0 Å². The molecule has 0 aliphatic carbocycles. The summed E-state index contributed by atoms with van der Waals surface area (Å²) < 4.78 is 33.3. The van der Waals surface area contributed by atoms with E-state index in [1.54, 1.807) is 60.4 Å². The molecule has 11 heteroatoms. The molecule has 3 aromatic rings. The molecular formula is C23H24ClN5O4S. The van der Waals surface area contributed by atoms with Crippen LogP contribution in [0.15, 0.2) is 72.0 Å². The van der Waals surface area contributed by atoms with E-state index in [-0.39, 0.29) is 16.6 Å². The highest BCUT2D eigenvalue weighted by molar-refractivity contribution is 7.92. The lowest BCUT2D eigenvalue weighted by Gasteiger charge is -2.37. The summed E-state index contributed by atoms with van der Waals surface area (Å²) >= 11 is 6.12. The lowest BCUT2D eigenvalue weighted by Crippen LogP contribution is -2.52. The van der Waals surface area contributed by atoms with Gasteiger partial charge in [0.25, 0.3) is 15.9 Å². The fourth-order valence-corrected chi connectivity index (χ4v) is 4.80. The Bertz CT molecular complexity index is 1230. The van der Waals surface area contributed by atoms with Crippen LogP contribution in [0.4, 0.5) is 11.5 Å². The Morgan fingerprint density at radius 2 is 1.76 bits per heavy atom. The first-order chi connectivity index (χ1) is 16.3. The number of sulfonamides is 1. The Labute approximate surface area is 203 Å². The lowest BCUT2D eigenvalue weighted by molar-refractivity contribution is -0.138. The molecule has 0 radical (unpaired) electrons. The van der Waals surface area contributed by atoms with E-state index in [2.05, 4.69) is 19.6 Å². The number of anilines is 2. The molecule has 34 heavy (non-hydrogen) atoms. The predicted octanol–water partition coefficient (Wildman–Crippen LogP) is 3.05. The zero-order valence-electron chi connectivity index (χ0n) is 18.5. The molecule has 1 aliphatic rings. The minimum Gasteiger partial charge on any atom is -0.479 e. The lowest BCUT2D eigenvalue weighted by atomic mass is 10.2. The highest BCUT2D eigenvalue weighted by Crippen LogP contribution is 2.25. The predicted molar refractivity (Wildman–Crippen MR) is 130 cm³/mol. The summed E-state index contributed by atoms with van der Waals surface area (Å²) in [4.78, 5) is 24.5. The van der Waals surface area contributed by atoms with E-state index in [1.807, 2.05) is 0 Å². The second-order valence-corrected chi connectivity index (χ2v) is 9.79. The number of para-hydroxylation sites is 1. The second-order valence-electron chi connectivity index (χ2n) is 7.70. The summed E-state index contributed by atoms with van der Waals surface area (Å²) in [7, 11) is -3.75. The molecule has 9 nitrogen and oxygen atoms in total. The Morgan fingerprint density at radius 1 is 1.06 bits per heavy atom. The number of aromatic nitrogens is 2. The maximum absolute atomic E-state index is 12.8. The van der Waals surface area contributed by atoms with Crippen LogP contribution in [0.1, 0.15) is 6.92 Å². The largest absolute Gasteiger partial charge is 0.479 e. The van der Waals surface area contributed by atoms with Crippen molar-refractivity contribution >= 4 is 39.0 Å². The second kappa shape index (κ2) is 10.3. The molecule has 1 N–H and O–H groups in total. The van der Waals surface area contributed by atoms with Crippen molar-refractivity contribution in [2.45, 2.75) is 17.9 Å². The first-order valence-electron chi connectivity index (χ1n) is 10.7. The molecule has 2 heterocycles. The molecule has 178 valence electrons. The third-order valence-corrected chi connectivity index (χ3v) is 7.10. The van der Waals surface area contributed by atoms with E-state index in [1.165, 1.54) is 18.6 Å². The van der Waals surface area contributed by atoms with Crippen LogP contribution >= 0.6 is 11.6 Å². The standard InChI is InChI=1S/C23H24ClN5O4S/c1-17(33-21-5-3-2-4-20(21)24)23(30)29-14-12-28(13-15-29)18-6-8-19(9-7-18)34(31,32)27-22-10-11-25-16-26-22/h2-11,16-17H,12-15H2,1H3,(H,25,26,27). The molecule has 1 amide bonds. The Hall–Kier alpha value is -3.37. The molecule has 1 unspecified atom stereocenters. The first-order valence-corrected chi connectivity index (χ1v) is 12.5. The number of nitrogens with one attached hydrogen (secondary N) is 1. The number of carbonyl (C=O) groups excluding carboxylic acids is 1. The number of piperazine rings is 1. The van der Waals surface area contributed by atoms with E-state index in [4.69, 9.17) is 16.3 Å². The van der Waals surface area contributed by atoms with Gasteiger partial charge in [-0.05, 0) is 49.4 Å². The molecule has 0 saturated carbocycles.